The molecule has 1 aromatic rings. The van der Waals surface area contributed by atoms with Crippen LogP contribution < -0.4 is 5.32 Å². The molecule has 1 heterocycles. The number of amides is 1. The molecule has 0 saturated heterocycles. The SMILES string of the molecule is CC(C)(C)OC(=O)N[C@H]1CC[C@H](N2Cc3ccc(Br)cc3C2)CC1. The van der Waals surface area contributed by atoms with Crippen molar-refractivity contribution in [2.75, 3.05) is 0 Å². The molecule has 0 aromatic heterocycles. The molecule has 1 aliphatic carbocycles. The first-order valence-electron chi connectivity index (χ1n) is 8.81. The smallest absolute Gasteiger partial charge is 0.407 e. The molecule has 1 amide bonds. The van der Waals surface area contributed by atoms with Gasteiger partial charge in [0, 0.05) is 29.6 Å². The van der Waals surface area contributed by atoms with Gasteiger partial charge in [-0.15, -0.1) is 0 Å². The summed E-state index contributed by atoms with van der Waals surface area (Å²) >= 11 is 3.56. The maximum Gasteiger partial charge on any atom is 0.407 e. The Morgan fingerprint density at radius 1 is 1.17 bits per heavy atom. The third-order valence-corrected chi connectivity index (χ3v) is 5.34. The third kappa shape index (κ3) is 4.51. The van der Waals surface area contributed by atoms with Gasteiger partial charge in [-0.3, -0.25) is 4.90 Å². The van der Waals surface area contributed by atoms with E-state index in [4.69, 9.17) is 4.74 Å². The predicted molar refractivity (Wildman–Crippen MR) is 98.8 cm³/mol. The number of fused-ring (bicyclic) bond motifs is 1. The van der Waals surface area contributed by atoms with Gasteiger partial charge in [0.1, 0.15) is 5.60 Å². The third-order valence-electron chi connectivity index (χ3n) is 4.85. The number of nitrogens with zero attached hydrogens (tertiary/aromatic N) is 1. The lowest BCUT2D eigenvalue weighted by Crippen LogP contribution is -2.44. The maximum absolute atomic E-state index is 11.9. The normalized spacial score (nSPS) is 24.5. The van der Waals surface area contributed by atoms with Crippen molar-refractivity contribution in [3.8, 4) is 0 Å². The Labute approximate surface area is 153 Å². The molecular weight excluding hydrogens is 368 g/mol. The summed E-state index contributed by atoms with van der Waals surface area (Å²) in [6.07, 6.45) is 4.04. The topological polar surface area (TPSA) is 41.6 Å². The van der Waals surface area contributed by atoms with Gasteiger partial charge in [0.15, 0.2) is 0 Å². The molecule has 132 valence electrons. The van der Waals surface area contributed by atoms with Crippen molar-refractivity contribution in [2.24, 2.45) is 0 Å². The van der Waals surface area contributed by atoms with E-state index in [2.05, 4.69) is 44.3 Å². The van der Waals surface area contributed by atoms with Crippen LogP contribution >= 0.6 is 15.9 Å². The van der Waals surface area contributed by atoms with Gasteiger partial charge >= 0.3 is 6.09 Å². The number of carbonyl (C=O) groups is 1. The number of ether oxygens (including phenoxy) is 1. The van der Waals surface area contributed by atoms with E-state index >= 15 is 0 Å². The van der Waals surface area contributed by atoms with Crippen LogP contribution in [-0.4, -0.2) is 28.7 Å². The molecule has 1 aromatic carbocycles. The van der Waals surface area contributed by atoms with Crippen molar-refractivity contribution in [3.05, 3.63) is 33.8 Å². The molecule has 0 radical (unpaired) electrons. The highest BCUT2D eigenvalue weighted by atomic mass is 79.9. The minimum atomic E-state index is -0.434. The molecule has 0 atom stereocenters. The Balaban J connectivity index is 1.47. The number of hydrogen-bond donors (Lipinski definition) is 1. The van der Waals surface area contributed by atoms with Gasteiger partial charge < -0.3 is 10.1 Å². The van der Waals surface area contributed by atoms with Gasteiger partial charge in [-0.25, -0.2) is 4.79 Å². The van der Waals surface area contributed by atoms with Crippen molar-refractivity contribution < 1.29 is 9.53 Å². The summed E-state index contributed by atoms with van der Waals surface area (Å²) in [5.74, 6) is 0. The van der Waals surface area contributed by atoms with Crippen LogP contribution in [0.15, 0.2) is 22.7 Å². The Kier molecular flexibility index (Phi) is 5.21. The first kappa shape index (κ1) is 17.7. The lowest BCUT2D eigenvalue weighted by molar-refractivity contribution is 0.0476. The average molecular weight is 395 g/mol. The van der Waals surface area contributed by atoms with E-state index in [1.54, 1.807) is 0 Å². The number of nitrogens with one attached hydrogen (secondary N) is 1. The molecule has 3 rings (SSSR count). The van der Waals surface area contributed by atoms with Gasteiger partial charge in [0.25, 0.3) is 0 Å². The van der Waals surface area contributed by atoms with Crippen LogP contribution in [0.5, 0.6) is 0 Å². The molecule has 5 heteroatoms. The summed E-state index contributed by atoms with van der Waals surface area (Å²) < 4.78 is 6.52. The fourth-order valence-electron chi connectivity index (χ4n) is 3.71. The summed E-state index contributed by atoms with van der Waals surface area (Å²) in [7, 11) is 0. The predicted octanol–water partition coefficient (Wildman–Crippen LogP) is 4.60. The first-order valence-corrected chi connectivity index (χ1v) is 9.60. The van der Waals surface area contributed by atoms with E-state index in [9.17, 15) is 4.79 Å². The fourth-order valence-corrected chi connectivity index (χ4v) is 4.12. The minimum Gasteiger partial charge on any atom is -0.444 e. The van der Waals surface area contributed by atoms with E-state index in [0.717, 1.165) is 43.2 Å². The lowest BCUT2D eigenvalue weighted by Gasteiger charge is -2.35. The van der Waals surface area contributed by atoms with E-state index < -0.39 is 5.60 Å². The van der Waals surface area contributed by atoms with Gasteiger partial charge in [0.2, 0.25) is 0 Å². The van der Waals surface area contributed by atoms with E-state index in [1.807, 2.05) is 20.8 Å². The lowest BCUT2D eigenvalue weighted by atomic mass is 9.90. The van der Waals surface area contributed by atoms with E-state index in [0.29, 0.717) is 6.04 Å². The van der Waals surface area contributed by atoms with Gasteiger partial charge in [-0.2, -0.15) is 0 Å². The first-order chi connectivity index (χ1) is 11.3. The number of hydrogen-bond acceptors (Lipinski definition) is 3. The van der Waals surface area contributed by atoms with Gasteiger partial charge in [-0.1, -0.05) is 22.0 Å². The Morgan fingerprint density at radius 3 is 2.50 bits per heavy atom. The average Bonchev–Trinajstić information content (AvgIpc) is 2.89. The van der Waals surface area contributed by atoms with Crippen molar-refractivity contribution in [3.63, 3.8) is 0 Å². The zero-order chi connectivity index (χ0) is 17.3. The van der Waals surface area contributed by atoms with Crippen LogP contribution in [0, 0.1) is 0 Å². The van der Waals surface area contributed by atoms with E-state index in [1.165, 1.54) is 11.1 Å². The quantitative estimate of drug-likeness (QED) is 0.796. The summed E-state index contributed by atoms with van der Waals surface area (Å²) in [6.45, 7) is 7.79. The Morgan fingerprint density at radius 2 is 1.83 bits per heavy atom. The summed E-state index contributed by atoms with van der Waals surface area (Å²) in [5.41, 5.74) is 2.46. The van der Waals surface area contributed by atoms with Gasteiger partial charge in [0.05, 0.1) is 0 Å². The van der Waals surface area contributed by atoms with Crippen LogP contribution in [0.3, 0.4) is 0 Å². The molecule has 0 spiro atoms. The number of alkyl carbamates (subject to hydrolysis) is 1. The van der Waals surface area contributed by atoms with Crippen molar-refractivity contribution in [1.29, 1.82) is 0 Å². The molecule has 1 aliphatic heterocycles. The molecule has 1 saturated carbocycles. The van der Waals surface area contributed by atoms with Crippen molar-refractivity contribution in [1.82, 2.24) is 10.2 Å². The monoisotopic (exact) mass is 394 g/mol. The summed E-state index contributed by atoms with van der Waals surface area (Å²) in [5, 5.41) is 3.03. The van der Waals surface area contributed by atoms with Crippen LogP contribution in [0.25, 0.3) is 0 Å². The van der Waals surface area contributed by atoms with Crippen molar-refractivity contribution in [2.45, 2.75) is 77.2 Å². The van der Waals surface area contributed by atoms with Crippen molar-refractivity contribution >= 4 is 22.0 Å². The molecule has 24 heavy (non-hydrogen) atoms. The molecule has 0 unspecified atom stereocenters. The number of carbonyl (C=O) groups excluding carboxylic acids is 1. The minimum absolute atomic E-state index is 0.246. The van der Waals surface area contributed by atoms with Crippen LogP contribution in [0.4, 0.5) is 4.79 Å². The summed E-state index contributed by atoms with van der Waals surface area (Å²) in [4.78, 5) is 14.5. The second-order valence-electron chi connectivity index (χ2n) is 7.97. The Hall–Kier alpha value is -1.07. The molecule has 4 nitrogen and oxygen atoms in total. The standard InChI is InChI=1S/C19H27BrN2O2/c1-19(2,3)24-18(23)21-16-6-8-17(9-7-16)22-11-13-4-5-15(20)10-14(13)12-22/h4-5,10,16-17H,6-9,11-12H2,1-3H3,(H,21,23)/t16-,17-. The molecule has 0 bridgehead atoms. The highest BCUT2D eigenvalue weighted by Crippen LogP contribution is 2.32. The molecular formula is C19H27BrN2O2. The zero-order valence-electron chi connectivity index (χ0n) is 14.8. The molecule has 1 fully saturated rings. The number of halogens is 1. The highest BCUT2D eigenvalue weighted by molar-refractivity contribution is 9.10. The Bertz CT molecular complexity index is 604. The molecule has 2 aliphatic rings. The zero-order valence-corrected chi connectivity index (χ0v) is 16.4. The highest BCUT2D eigenvalue weighted by Gasteiger charge is 2.30. The van der Waals surface area contributed by atoms with E-state index in [-0.39, 0.29) is 12.1 Å². The van der Waals surface area contributed by atoms with Crippen LogP contribution in [0.1, 0.15) is 57.6 Å². The van der Waals surface area contributed by atoms with Crippen LogP contribution in [-0.2, 0) is 17.8 Å². The maximum atomic E-state index is 11.9. The second-order valence-corrected chi connectivity index (χ2v) is 8.89. The number of benzene rings is 1. The largest absolute Gasteiger partial charge is 0.444 e. The number of rotatable bonds is 2. The fraction of sp³-hybridized carbons (Fsp3) is 0.632. The van der Waals surface area contributed by atoms with Crippen LogP contribution in [0.2, 0.25) is 0 Å². The van der Waals surface area contributed by atoms with Gasteiger partial charge in [-0.05, 0) is 69.7 Å². The summed E-state index contributed by atoms with van der Waals surface area (Å²) in [6, 6.07) is 7.47. The second kappa shape index (κ2) is 7.04. The molecule has 1 N–H and O–H groups in total.